The van der Waals surface area contributed by atoms with Gasteiger partial charge in [0.05, 0.1) is 5.69 Å². The first-order valence-electron chi connectivity index (χ1n) is 12.3. The molecule has 2 N–H and O–H groups in total. The molecule has 8 nitrogen and oxygen atoms in total. The number of carbonyl (C=O) groups is 2. The van der Waals surface area contributed by atoms with Crippen molar-refractivity contribution in [3.63, 3.8) is 0 Å². The highest BCUT2D eigenvalue weighted by molar-refractivity contribution is 6.09. The molecule has 5 rings (SSSR count). The van der Waals surface area contributed by atoms with E-state index in [1.54, 1.807) is 0 Å². The smallest absolute Gasteiger partial charge is 0.407 e. The SMILES string of the molecule is Cc1noc(C)c1-c1ccc2c(c1)C(c1ccccc1)(N1CC[C@@H](NC(=O)OC(C)(C)C)C1)C(=O)N2. The molecule has 0 aliphatic carbocycles. The Morgan fingerprint density at radius 1 is 1.19 bits per heavy atom. The Morgan fingerprint density at radius 2 is 1.94 bits per heavy atom. The number of benzene rings is 2. The monoisotopic (exact) mass is 488 g/mol. The van der Waals surface area contributed by atoms with Crippen molar-refractivity contribution < 1.29 is 18.8 Å². The van der Waals surface area contributed by atoms with Gasteiger partial charge in [0.2, 0.25) is 0 Å². The number of hydrogen-bond donors (Lipinski definition) is 2. The molecular formula is C28H32N4O4. The number of fused-ring (bicyclic) bond motifs is 1. The van der Waals surface area contributed by atoms with E-state index in [0.717, 1.165) is 39.4 Å². The van der Waals surface area contributed by atoms with Gasteiger partial charge in [0.15, 0.2) is 5.54 Å². The summed E-state index contributed by atoms with van der Waals surface area (Å²) in [5, 5.41) is 10.2. The molecule has 0 spiro atoms. The summed E-state index contributed by atoms with van der Waals surface area (Å²) >= 11 is 0. The molecular weight excluding hydrogens is 456 g/mol. The highest BCUT2D eigenvalue weighted by atomic mass is 16.6. The first-order chi connectivity index (χ1) is 17.1. The van der Waals surface area contributed by atoms with Crippen molar-refractivity contribution in [3.8, 4) is 11.1 Å². The van der Waals surface area contributed by atoms with E-state index in [9.17, 15) is 9.59 Å². The Labute approximate surface area is 211 Å². The minimum atomic E-state index is -1.03. The second kappa shape index (κ2) is 8.78. The molecule has 0 saturated carbocycles. The number of nitrogens with zero attached hydrogens (tertiary/aromatic N) is 2. The van der Waals surface area contributed by atoms with Gasteiger partial charge in [-0.2, -0.15) is 0 Å². The topological polar surface area (TPSA) is 96.7 Å². The van der Waals surface area contributed by atoms with Crippen molar-refractivity contribution in [2.45, 2.75) is 58.2 Å². The van der Waals surface area contributed by atoms with E-state index < -0.39 is 17.2 Å². The Morgan fingerprint density at radius 3 is 2.61 bits per heavy atom. The quantitative estimate of drug-likeness (QED) is 0.550. The number of alkyl carbamates (subject to hydrolysis) is 1. The van der Waals surface area contributed by atoms with Crippen LogP contribution in [-0.2, 0) is 15.1 Å². The van der Waals surface area contributed by atoms with Gasteiger partial charge in [-0.15, -0.1) is 0 Å². The van der Waals surface area contributed by atoms with Gasteiger partial charge in [-0.3, -0.25) is 9.69 Å². The fourth-order valence-electron chi connectivity index (χ4n) is 5.46. The lowest BCUT2D eigenvalue weighted by Gasteiger charge is -2.38. The van der Waals surface area contributed by atoms with E-state index in [0.29, 0.717) is 19.5 Å². The summed E-state index contributed by atoms with van der Waals surface area (Å²) in [5.74, 6) is 0.635. The molecule has 2 amide bonds. The average molecular weight is 489 g/mol. The van der Waals surface area contributed by atoms with Crippen LogP contribution in [-0.4, -0.2) is 46.8 Å². The van der Waals surface area contributed by atoms with Crippen LogP contribution in [0.25, 0.3) is 11.1 Å². The summed E-state index contributed by atoms with van der Waals surface area (Å²) < 4.78 is 10.9. The lowest BCUT2D eigenvalue weighted by Crippen LogP contribution is -2.52. The third-order valence-electron chi connectivity index (χ3n) is 6.88. The van der Waals surface area contributed by atoms with E-state index in [1.165, 1.54) is 0 Å². The normalized spacial score (nSPS) is 21.8. The van der Waals surface area contributed by atoms with Crippen molar-refractivity contribution in [1.29, 1.82) is 0 Å². The number of rotatable bonds is 4. The third kappa shape index (κ3) is 4.05. The largest absolute Gasteiger partial charge is 0.444 e. The van der Waals surface area contributed by atoms with Crippen molar-refractivity contribution in [1.82, 2.24) is 15.4 Å². The molecule has 1 fully saturated rings. The number of carbonyl (C=O) groups excluding carboxylic acids is 2. The van der Waals surface area contributed by atoms with Gasteiger partial charge in [-0.25, -0.2) is 4.79 Å². The Balaban J connectivity index is 1.56. The van der Waals surface area contributed by atoms with Crippen LogP contribution in [0.3, 0.4) is 0 Å². The lowest BCUT2D eigenvalue weighted by atomic mass is 9.81. The van der Waals surface area contributed by atoms with E-state index in [1.807, 2.05) is 77.1 Å². The standard InChI is InChI=1S/C28H32N4O4/c1-17-24(18(2)36-31-17)19-11-12-23-22(15-19)28(25(33)30-23,20-9-7-6-8-10-20)32-14-13-21(16-32)29-26(34)35-27(3,4)5/h6-12,15,21H,13-14,16H2,1-5H3,(H,29,34)(H,30,33)/t21-,28?/m1/s1. The van der Waals surface area contributed by atoms with Crippen LogP contribution in [0.1, 0.15) is 49.8 Å². The maximum Gasteiger partial charge on any atom is 0.407 e. The fraction of sp³-hybridized carbons (Fsp3) is 0.393. The van der Waals surface area contributed by atoms with Crippen LogP contribution in [0.4, 0.5) is 10.5 Å². The molecule has 188 valence electrons. The highest BCUT2D eigenvalue weighted by Gasteiger charge is 2.54. The predicted molar refractivity (Wildman–Crippen MR) is 137 cm³/mol. The molecule has 3 heterocycles. The van der Waals surface area contributed by atoms with Gasteiger partial charge in [-0.05, 0) is 64.3 Å². The van der Waals surface area contributed by atoms with Crippen LogP contribution < -0.4 is 10.6 Å². The minimum absolute atomic E-state index is 0.0995. The number of aromatic nitrogens is 1. The van der Waals surface area contributed by atoms with Crippen LogP contribution >= 0.6 is 0 Å². The second-order valence-corrected chi connectivity index (χ2v) is 10.6. The number of nitrogens with one attached hydrogen (secondary N) is 2. The van der Waals surface area contributed by atoms with Crippen molar-refractivity contribution in [2.75, 3.05) is 18.4 Å². The molecule has 3 aromatic rings. The third-order valence-corrected chi connectivity index (χ3v) is 6.88. The Hall–Kier alpha value is -3.65. The zero-order chi connectivity index (χ0) is 25.7. The maximum atomic E-state index is 13.9. The Kier molecular flexibility index (Phi) is 5.87. The maximum absolute atomic E-state index is 13.9. The molecule has 36 heavy (non-hydrogen) atoms. The van der Waals surface area contributed by atoms with Crippen LogP contribution in [0.15, 0.2) is 53.1 Å². The zero-order valence-corrected chi connectivity index (χ0v) is 21.3. The molecule has 1 unspecified atom stereocenters. The molecule has 2 aromatic carbocycles. The number of likely N-dealkylation sites (tertiary alicyclic amines) is 1. The minimum Gasteiger partial charge on any atom is -0.444 e. The van der Waals surface area contributed by atoms with E-state index >= 15 is 0 Å². The highest BCUT2D eigenvalue weighted by Crippen LogP contribution is 2.48. The van der Waals surface area contributed by atoms with Crippen LogP contribution in [0, 0.1) is 13.8 Å². The van der Waals surface area contributed by atoms with Crippen LogP contribution in [0.2, 0.25) is 0 Å². The van der Waals surface area contributed by atoms with Crippen molar-refractivity contribution in [3.05, 3.63) is 71.1 Å². The molecule has 8 heteroatoms. The van der Waals surface area contributed by atoms with Gasteiger partial charge in [0, 0.05) is 35.9 Å². The molecule has 2 aliphatic heterocycles. The van der Waals surface area contributed by atoms with Gasteiger partial charge < -0.3 is 19.9 Å². The number of amides is 2. The van der Waals surface area contributed by atoms with Gasteiger partial charge in [0.25, 0.3) is 5.91 Å². The van der Waals surface area contributed by atoms with Gasteiger partial charge >= 0.3 is 6.09 Å². The lowest BCUT2D eigenvalue weighted by molar-refractivity contribution is -0.124. The first kappa shape index (κ1) is 24.1. The summed E-state index contributed by atoms with van der Waals surface area (Å²) in [6.07, 6.45) is 0.264. The summed E-state index contributed by atoms with van der Waals surface area (Å²) in [4.78, 5) is 28.5. The average Bonchev–Trinajstić information content (AvgIpc) is 3.48. The number of hydrogen-bond acceptors (Lipinski definition) is 6. The molecule has 2 aliphatic rings. The predicted octanol–water partition coefficient (Wildman–Crippen LogP) is 4.75. The van der Waals surface area contributed by atoms with Gasteiger partial charge in [-0.1, -0.05) is 41.6 Å². The summed E-state index contributed by atoms with van der Waals surface area (Å²) in [6.45, 7) is 10.5. The molecule has 2 atom stereocenters. The number of anilines is 1. The summed E-state index contributed by atoms with van der Waals surface area (Å²) in [7, 11) is 0. The number of ether oxygens (including phenoxy) is 1. The second-order valence-electron chi connectivity index (χ2n) is 10.6. The van der Waals surface area contributed by atoms with Crippen LogP contribution in [0.5, 0.6) is 0 Å². The van der Waals surface area contributed by atoms with E-state index in [-0.39, 0.29) is 11.9 Å². The molecule has 1 aromatic heterocycles. The van der Waals surface area contributed by atoms with Crippen molar-refractivity contribution in [2.24, 2.45) is 0 Å². The summed E-state index contributed by atoms with van der Waals surface area (Å²) in [5.41, 5.74) is 3.63. The number of aryl methyl sites for hydroxylation is 2. The zero-order valence-electron chi connectivity index (χ0n) is 21.3. The van der Waals surface area contributed by atoms with Crippen molar-refractivity contribution >= 4 is 17.7 Å². The van der Waals surface area contributed by atoms with E-state index in [2.05, 4.69) is 26.8 Å². The first-order valence-corrected chi connectivity index (χ1v) is 12.3. The molecule has 0 radical (unpaired) electrons. The molecule has 0 bridgehead atoms. The van der Waals surface area contributed by atoms with E-state index in [4.69, 9.17) is 9.26 Å². The van der Waals surface area contributed by atoms with Gasteiger partial charge in [0.1, 0.15) is 11.4 Å². The molecule has 1 saturated heterocycles. The Bertz CT molecular complexity index is 1290. The fourth-order valence-corrected chi connectivity index (χ4v) is 5.46. The summed E-state index contributed by atoms with van der Waals surface area (Å²) in [6, 6.07) is 15.7.